The number of hydrogen-bond donors (Lipinski definition) is 4. The molecule has 1 fully saturated rings. The van der Waals surface area contributed by atoms with E-state index >= 15 is 0 Å². The third-order valence-electron chi connectivity index (χ3n) is 5.97. The maximum absolute atomic E-state index is 13.5. The zero-order chi connectivity index (χ0) is 25.0. The molecule has 188 valence electrons. The van der Waals surface area contributed by atoms with Crippen LogP contribution in [0.5, 0.6) is 5.75 Å². The third kappa shape index (κ3) is 5.94. The Morgan fingerprint density at radius 3 is 2.49 bits per heavy atom. The van der Waals surface area contributed by atoms with Gasteiger partial charge >= 0.3 is 12.1 Å². The van der Waals surface area contributed by atoms with E-state index in [0.717, 1.165) is 60.7 Å². The number of sulfonamides is 1. The van der Waals surface area contributed by atoms with Crippen molar-refractivity contribution >= 4 is 33.5 Å². The molecule has 12 heteroatoms. The van der Waals surface area contributed by atoms with Crippen LogP contribution in [0.15, 0.2) is 47.4 Å². The monoisotopic (exact) mass is 506 g/mol. The van der Waals surface area contributed by atoms with Gasteiger partial charge in [0.1, 0.15) is 17.7 Å². The maximum Gasteiger partial charge on any atom is 0.409 e. The number of nitrogens with one attached hydrogen (secondary N) is 3. The molecule has 4 rings (SSSR count). The van der Waals surface area contributed by atoms with Crippen molar-refractivity contribution in [3.05, 3.63) is 48.3 Å². The van der Waals surface area contributed by atoms with Crippen LogP contribution in [-0.2, 0) is 10.0 Å². The summed E-state index contributed by atoms with van der Waals surface area (Å²) in [5, 5.41) is 16.9. The van der Waals surface area contributed by atoms with Gasteiger partial charge in [-0.2, -0.15) is 0 Å². The molecule has 10 nitrogen and oxygen atoms in total. The summed E-state index contributed by atoms with van der Waals surface area (Å²) < 4.78 is 47.3. The van der Waals surface area contributed by atoms with E-state index in [1.807, 2.05) is 0 Å². The van der Waals surface area contributed by atoms with Gasteiger partial charge in [0.2, 0.25) is 0 Å². The number of halogens is 1. The Kier molecular flexibility index (Phi) is 7.29. The Balaban J connectivity index is 1.55. The van der Waals surface area contributed by atoms with Crippen molar-refractivity contribution < 1.29 is 32.2 Å². The van der Waals surface area contributed by atoms with E-state index in [1.54, 1.807) is 0 Å². The molecule has 0 spiro atoms. The third-order valence-corrected chi connectivity index (χ3v) is 7.77. The van der Waals surface area contributed by atoms with Crippen molar-refractivity contribution in [2.24, 2.45) is 0 Å². The van der Waals surface area contributed by atoms with Gasteiger partial charge in [-0.15, -0.1) is 0 Å². The lowest BCUT2D eigenvalue weighted by molar-refractivity contribution is 0.190. The number of carboxylic acid groups (broad SMARTS) is 1. The molecule has 0 aromatic heterocycles. The smallest absolute Gasteiger partial charge is 0.409 e. The van der Waals surface area contributed by atoms with Gasteiger partial charge in [-0.3, -0.25) is 9.62 Å². The molecule has 3 amide bonds. The maximum atomic E-state index is 13.5. The molecular formula is C23H27FN4O6S. The van der Waals surface area contributed by atoms with E-state index < -0.39 is 28.0 Å². The molecule has 0 radical (unpaired) electrons. The van der Waals surface area contributed by atoms with Crippen molar-refractivity contribution in [3.63, 3.8) is 0 Å². The van der Waals surface area contributed by atoms with E-state index in [9.17, 15) is 22.4 Å². The number of carbonyl (C=O) groups excluding carboxylic acids is 1. The Hall–Kier alpha value is -3.54. The summed E-state index contributed by atoms with van der Waals surface area (Å²) >= 11 is 0. The number of urea groups is 1. The molecule has 1 unspecified atom stereocenters. The van der Waals surface area contributed by atoms with Crippen LogP contribution in [0, 0.1) is 5.82 Å². The number of nitrogens with zero attached hydrogens (tertiary/aromatic N) is 1. The molecular weight excluding hydrogens is 479 g/mol. The topological polar surface area (TPSA) is 137 Å². The lowest BCUT2D eigenvalue weighted by Gasteiger charge is -2.36. The van der Waals surface area contributed by atoms with E-state index in [2.05, 4.69) is 16.0 Å². The van der Waals surface area contributed by atoms with Crippen molar-refractivity contribution in [2.45, 2.75) is 49.1 Å². The van der Waals surface area contributed by atoms with Crippen molar-refractivity contribution in [1.29, 1.82) is 0 Å². The predicted octanol–water partition coefficient (Wildman–Crippen LogP) is 3.50. The second kappa shape index (κ2) is 10.4. The first-order valence-electron chi connectivity index (χ1n) is 11.4. The highest BCUT2D eigenvalue weighted by Crippen LogP contribution is 2.39. The number of anilines is 2. The molecule has 2 aromatic carbocycles. The summed E-state index contributed by atoms with van der Waals surface area (Å²) in [6, 6.07) is 8.44. The standard InChI is InChI=1S/C23H27FN4O6S/c24-15-6-9-19(10-7-15)35(32,33)28-14-18(13-25-22(29)26-16-4-2-1-3-5-16)34-21-11-8-17(12-20(21)28)27-23(30)31/h6-12,16,18,27H,1-5,13-14H2,(H,30,31)(H2,25,26,29). The SMILES string of the molecule is O=C(O)Nc1ccc2c(c1)N(S(=O)(=O)c1ccc(F)cc1)CC(CNC(=O)NC1CCCCC1)O2. The average Bonchev–Trinajstić information content (AvgIpc) is 2.83. The van der Waals surface area contributed by atoms with Crippen LogP contribution in [0.25, 0.3) is 0 Å². The van der Waals surface area contributed by atoms with Crippen LogP contribution in [0.3, 0.4) is 0 Å². The molecule has 1 aliphatic carbocycles. The number of rotatable bonds is 6. The minimum absolute atomic E-state index is 0.0442. The van der Waals surface area contributed by atoms with Crippen molar-refractivity contribution in [2.75, 3.05) is 22.7 Å². The van der Waals surface area contributed by atoms with Crippen LogP contribution < -0.4 is 25.0 Å². The van der Waals surface area contributed by atoms with Gasteiger partial charge in [-0.1, -0.05) is 19.3 Å². The summed E-state index contributed by atoms with van der Waals surface area (Å²) in [5.41, 5.74) is 0.283. The van der Waals surface area contributed by atoms with E-state index in [-0.39, 0.29) is 47.2 Å². The molecule has 2 aromatic rings. The molecule has 0 bridgehead atoms. The summed E-state index contributed by atoms with van der Waals surface area (Å²) in [5.74, 6) is -0.373. The molecule has 1 saturated carbocycles. The second-order valence-electron chi connectivity index (χ2n) is 8.53. The van der Waals surface area contributed by atoms with Crippen LogP contribution in [0.1, 0.15) is 32.1 Å². The lowest BCUT2D eigenvalue weighted by Crippen LogP contribution is -2.51. The Morgan fingerprint density at radius 1 is 1.09 bits per heavy atom. The lowest BCUT2D eigenvalue weighted by atomic mass is 9.96. The number of carbonyl (C=O) groups is 2. The average molecular weight is 507 g/mol. The van der Waals surface area contributed by atoms with Crippen molar-refractivity contribution in [1.82, 2.24) is 10.6 Å². The summed E-state index contributed by atoms with van der Waals surface area (Å²) in [6.07, 6.45) is 3.14. The molecule has 1 heterocycles. The number of hydrogen-bond acceptors (Lipinski definition) is 5. The van der Waals surface area contributed by atoms with Gasteiger partial charge in [-0.25, -0.2) is 22.4 Å². The molecule has 1 aliphatic heterocycles. The number of benzene rings is 2. The molecule has 35 heavy (non-hydrogen) atoms. The van der Waals surface area contributed by atoms with E-state index in [4.69, 9.17) is 9.84 Å². The van der Waals surface area contributed by atoms with Gasteiger partial charge in [0.25, 0.3) is 10.0 Å². The highest BCUT2D eigenvalue weighted by atomic mass is 32.2. The fourth-order valence-electron chi connectivity index (χ4n) is 4.27. The normalized spacial score (nSPS) is 18.2. The van der Waals surface area contributed by atoms with E-state index in [0.29, 0.717) is 0 Å². The van der Waals surface area contributed by atoms with Gasteiger partial charge in [0.05, 0.1) is 23.7 Å². The summed E-state index contributed by atoms with van der Waals surface area (Å²) in [4.78, 5) is 23.3. The highest BCUT2D eigenvalue weighted by molar-refractivity contribution is 7.92. The summed E-state index contributed by atoms with van der Waals surface area (Å²) in [7, 11) is -4.15. The van der Waals surface area contributed by atoms with E-state index in [1.165, 1.54) is 18.2 Å². The van der Waals surface area contributed by atoms with Crippen LogP contribution in [0.4, 0.5) is 25.4 Å². The van der Waals surface area contributed by atoms with Gasteiger partial charge in [0, 0.05) is 11.7 Å². The zero-order valence-electron chi connectivity index (χ0n) is 18.9. The number of ether oxygens (including phenoxy) is 1. The minimum atomic E-state index is -4.15. The quantitative estimate of drug-likeness (QED) is 0.473. The Labute approximate surface area is 202 Å². The zero-order valence-corrected chi connectivity index (χ0v) is 19.7. The summed E-state index contributed by atoms with van der Waals surface area (Å²) in [6.45, 7) is -0.102. The van der Waals surface area contributed by atoms with Crippen LogP contribution >= 0.6 is 0 Å². The first kappa shape index (κ1) is 24.6. The number of fused-ring (bicyclic) bond motifs is 1. The number of amides is 3. The van der Waals surface area contributed by atoms with Gasteiger partial charge in [-0.05, 0) is 55.3 Å². The fraction of sp³-hybridized carbons (Fsp3) is 0.391. The molecule has 2 aliphatic rings. The first-order chi connectivity index (χ1) is 16.7. The van der Waals surface area contributed by atoms with Gasteiger partial charge < -0.3 is 20.5 Å². The largest absolute Gasteiger partial charge is 0.484 e. The first-order valence-corrected chi connectivity index (χ1v) is 12.8. The fourth-order valence-corrected chi connectivity index (χ4v) is 5.77. The second-order valence-corrected chi connectivity index (χ2v) is 10.4. The Bertz CT molecular complexity index is 1180. The predicted molar refractivity (Wildman–Crippen MR) is 127 cm³/mol. The van der Waals surface area contributed by atoms with Gasteiger partial charge in [0.15, 0.2) is 0 Å². The van der Waals surface area contributed by atoms with Crippen LogP contribution in [0.2, 0.25) is 0 Å². The minimum Gasteiger partial charge on any atom is -0.484 e. The van der Waals surface area contributed by atoms with Crippen molar-refractivity contribution in [3.8, 4) is 5.75 Å². The molecule has 0 saturated heterocycles. The highest BCUT2D eigenvalue weighted by Gasteiger charge is 2.35. The Morgan fingerprint density at radius 2 is 1.80 bits per heavy atom. The van der Waals surface area contributed by atoms with Crippen LogP contribution in [-0.4, -0.2) is 50.9 Å². The molecule has 1 atom stereocenters. The molecule has 4 N–H and O–H groups in total.